The second-order valence-corrected chi connectivity index (χ2v) is 7.53. The van der Waals surface area contributed by atoms with E-state index in [2.05, 4.69) is 25.2 Å². The lowest BCUT2D eigenvalue weighted by atomic mass is 10.4. The van der Waals surface area contributed by atoms with E-state index in [0.29, 0.717) is 12.6 Å². The summed E-state index contributed by atoms with van der Waals surface area (Å²) in [6, 6.07) is 4.01. The van der Waals surface area contributed by atoms with Crippen molar-refractivity contribution >= 4 is 27.3 Å². The molecule has 0 bridgehead atoms. The molecule has 106 valence electrons. The van der Waals surface area contributed by atoms with Gasteiger partial charge in [0.15, 0.2) is 0 Å². The predicted molar refractivity (Wildman–Crippen MR) is 74.8 cm³/mol. The van der Waals surface area contributed by atoms with Gasteiger partial charge in [0, 0.05) is 17.5 Å². The summed E-state index contributed by atoms with van der Waals surface area (Å²) in [5.41, 5.74) is 0. The minimum absolute atomic E-state index is 0.0291. The topological polar surface area (TPSA) is 96.9 Å². The van der Waals surface area contributed by atoms with Crippen LogP contribution in [0.2, 0.25) is 0 Å². The SMILES string of the molecule is O=S(=O)(Nc1nccnn1)c1ccc(CNC2CC2)s1. The fourth-order valence-electron chi connectivity index (χ4n) is 1.59. The van der Waals surface area contributed by atoms with Crippen molar-refractivity contribution in [1.82, 2.24) is 20.5 Å². The maximum atomic E-state index is 12.1. The molecule has 0 radical (unpaired) electrons. The fraction of sp³-hybridized carbons (Fsp3) is 0.364. The summed E-state index contributed by atoms with van der Waals surface area (Å²) in [4.78, 5) is 4.78. The standard InChI is InChI=1S/C11H13N5O2S2/c17-20(18,16-11-12-5-6-14-15-11)10-4-3-9(19-10)7-13-8-1-2-8/h3-6,8,13H,1-2,7H2,(H,12,15,16). The highest BCUT2D eigenvalue weighted by Crippen LogP contribution is 2.25. The molecule has 0 spiro atoms. The first kappa shape index (κ1) is 13.4. The van der Waals surface area contributed by atoms with Crippen LogP contribution in [0.1, 0.15) is 17.7 Å². The molecule has 0 unspecified atom stereocenters. The van der Waals surface area contributed by atoms with Crippen molar-refractivity contribution in [3.8, 4) is 0 Å². The van der Waals surface area contributed by atoms with Gasteiger partial charge in [-0.15, -0.1) is 16.4 Å². The van der Waals surface area contributed by atoms with Crippen LogP contribution in [0.25, 0.3) is 0 Å². The van der Waals surface area contributed by atoms with Crippen molar-refractivity contribution in [2.24, 2.45) is 0 Å². The zero-order chi connectivity index (χ0) is 14.0. The molecular formula is C11H13N5O2S2. The Morgan fingerprint density at radius 2 is 2.15 bits per heavy atom. The van der Waals surface area contributed by atoms with E-state index in [-0.39, 0.29) is 10.2 Å². The average molecular weight is 311 g/mol. The number of hydrogen-bond acceptors (Lipinski definition) is 7. The second-order valence-electron chi connectivity index (χ2n) is 4.45. The van der Waals surface area contributed by atoms with Gasteiger partial charge >= 0.3 is 0 Å². The predicted octanol–water partition coefficient (Wildman–Crippen LogP) is 0.986. The zero-order valence-electron chi connectivity index (χ0n) is 10.5. The third kappa shape index (κ3) is 3.30. The summed E-state index contributed by atoms with van der Waals surface area (Å²) < 4.78 is 26.8. The smallest absolute Gasteiger partial charge is 0.273 e. The molecule has 1 aliphatic carbocycles. The highest BCUT2D eigenvalue weighted by atomic mass is 32.2. The highest BCUT2D eigenvalue weighted by molar-refractivity contribution is 7.94. The molecule has 1 saturated carbocycles. The van der Waals surface area contributed by atoms with Gasteiger partial charge < -0.3 is 5.32 Å². The van der Waals surface area contributed by atoms with Crippen LogP contribution in [0.4, 0.5) is 5.95 Å². The van der Waals surface area contributed by atoms with Gasteiger partial charge in [0.2, 0.25) is 0 Å². The fourth-order valence-corrected chi connectivity index (χ4v) is 3.85. The Morgan fingerprint density at radius 3 is 2.85 bits per heavy atom. The Balaban J connectivity index is 1.70. The number of nitrogens with zero attached hydrogens (tertiary/aromatic N) is 3. The monoisotopic (exact) mass is 311 g/mol. The maximum Gasteiger partial charge on any atom is 0.273 e. The van der Waals surface area contributed by atoms with Crippen LogP contribution in [0.15, 0.2) is 28.7 Å². The third-order valence-corrected chi connectivity index (χ3v) is 5.66. The number of anilines is 1. The van der Waals surface area contributed by atoms with Crippen molar-refractivity contribution < 1.29 is 8.42 Å². The lowest BCUT2D eigenvalue weighted by Gasteiger charge is -2.02. The molecule has 0 saturated heterocycles. The number of thiophene rings is 1. The van der Waals surface area contributed by atoms with Gasteiger partial charge in [-0.1, -0.05) is 0 Å². The number of rotatable bonds is 6. The van der Waals surface area contributed by atoms with E-state index in [1.165, 1.54) is 36.6 Å². The van der Waals surface area contributed by atoms with Crippen molar-refractivity contribution in [3.05, 3.63) is 29.4 Å². The van der Waals surface area contributed by atoms with Crippen LogP contribution in [0.3, 0.4) is 0 Å². The first-order valence-electron chi connectivity index (χ1n) is 6.12. The average Bonchev–Trinajstić information content (AvgIpc) is 3.13. The van der Waals surface area contributed by atoms with Gasteiger partial charge in [0.25, 0.3) is 16.0 Å². The Labute approximate surface area is 120 Å². The van der Waals surface area contributed by atoms with Crippen molar-refractivity contribution in [2.75, 3.05) is 4.72 Å². The van der Waals surface area contributed by atoms with E-state index in [9.17, 15) is 8.42 Å². The lowest BCUT2D eigenvalue weighted by Crippen LogP contribution is -2.14. The van der Waals surface area contributed by atoms with E-state index >= 15 is 0 Å². The third-order valence-electron chi connectivity index (χ3n) is 2.75. The first-order valence-corrected chi connectivity index (χ1v) is 8.42. The first-order chi connectivity index (χ1) is 9.63. The van der Waals surface area contributed by atoms with Gasteiger partial charge in [-0.05, 0) is 25.0 Å². The molecule has 7 nitrogen and oxygen atoms in total. The maximum absolute atomic E-state index is 12.1. The molecule has 0 atom stereocenters. The van der Waals surface area contributed by atoms with E-state index in [1.54, 1.807) is 6.07 Å². The van der Waals surface area contributed by atoms with Gasteiger partial charge in [-0.3, -0.25) is 0 Å². The Morgan fingerprint density at radius 1 is 1.30 bits per heavy atom. The van der Waals surface area contributed by atoms with Gasteiger partial charge in [-0.25, -0.2) is 18.1 Å². The van der Waals surface area contributed by atoms with Crippen LogP contribution >= 0.6 is 11.3 Å². The normalized spacial score (nSPS) is 15.2. The summed E-state index contributed by atoms with van der Waals surface area (Å²) in [6.45, 7) is 0.703. The molecule has 0 aliphatic heterocycles. The highest BCUT2D eigenvalue weighted by Gasteiger charge is 2.22. The largest absolute Gasteiger partial charge is 0.309 e. The van der Waals surface area contributed by atoms with E-state index < -0.39 is 10.0 Å². The summed E-state index contributed by atoms with van der Waals surface area (Å²) in [5, 5.41) is 10.5. The Kier molecular flexibility index (Phi) is 3.64. The van der Waals surface area contributed by atoms with E-state index in [4.69, 9.17) is 0 Å². The van der Waals surface area contributed by atoms with Crippen LogP contribution in [0, 0.1) is 0 Å². The quantitative estimate of drug-likeness (QED) is 0.825. The second kappa shape index (κ2) is 5.43. The molecule has 1 aliphatic rings. The molecule has 2 N–H and O–H groups in total. The van der Waals surface area contributed by atoms with Crippen LogP contribution < -0.4 is 10.0 Å². The van der Waals surface area contributed by atoms with Crippen molar-refractivity contribution in [2.45, 2.75) is 29.6 Å². The van der Waals surface area contributed by atoms with E-state index in [0.717, 1.165) is 4.88 Å². The molecule has 3 rings (SSSR count). The lowest BCUT2D eigenvalue weighted by molar-refractivity contribution is 0.602. The van der Waals surface area contributed by atoms with Crippen LogP contribution in [0.5, 0.6) is 0 Å². The summed E-state index contributed by atoms with van der Waals surface area (Å²) in [5.74, 6) is -0.0291. The number of aromatic nitrogens is 3. The molecule has 1 fully saturated rings. The van der Waals surface area contributed by atoms with Crippen molar-refractivity contribution in [3.63, 3.8) is 0 Å². The molecule has 9 heteroatoms. The molecule has 20 heavy (non-hydrogen) atoms. The van der Waals surface area contributed by atoms with E-state index in [1.807, 2.05) is 6.07 Å². The minimum Gasteiger partial charge on any atom is -0.309 e. The van der Waals surface area contributed by atoms with Gasteiger partial charge in [0.1, 0.15) is 4.21 Å². The summed E-state index contributed by atoms with van der Waals surface area (Å²) in [7, 11) is -3.64. The van der Waals surface area contributed by atoms with Crippen LogP contribution in [-0.4, -0.2) is 29.6 Å². The molecule has 0 aromatic carbocycles. The molecule has 0 amide bonds. The Hall–Kier alpha value is -1.58. The number of sulfonamides is 1. The Bertz CT molecular complexity index is 682. The minimum atomic E-state index is -3.64. The summed E-state index contributed by atoms with van der Waals surface area (Å²) >= 11 is 1.24. The zero-order valence-corrected chi connectivity index (χ0v) is 12.1. The number of hydrogen-bond donors (Lipinski definition) is 2. The van der Waals surface area contributed by atoms with Crippen molar-refractivity contribution in [1.29, 1.82) is 0 Å². The van der Waals surface area contributed by atoms with Gasteiger partial charge in [-0.2, -0.15) is 5.10 Å². The molecular weight excluding hydrogens is 298 g/mol. The summed E-state index contributed by atoms with van der Waals surface area (Å²) in [6.07, 6.45) is 5.17. The molecule has 2 aromatic rings. The number of nitrogens with one attached hydrogen (secondary N) is 2. The van der Waals surface area contributed by atoms with Gasteiger partial charge in [0.05, 0.1) is 12.4 Å². The molecule has 2 aromatic heterocycles. The molecule has 2 heterocycles. The van der Waals surface area contributed by atoms with Crippen LogP contribution in [-0.2, 0) is 16.6 Å².